The van der Waals surface area contributed by atoms with E-state index in [0.717, 1.165) is 0 Å². The third-order valence-corrected chi connectivity index (χ3v) is 2.52. The number of rotatable bonds is 3. The van der Waals surface area contributed by atoms with Crippen LogP contribution >= 0.6 is 0 Å². The predicted molar refractivity (Wildman–Crippen MR) is 69.2 cm³/mol. The van der Waals surface area contributed by atoms with Crippen molar-refractivity contribution in [2.75, 3.05) is 0 Å². The number of aromatic carboxylic acids is 1. The zero-order valence-electron chi connectivity index (χ0n) is 10.6. The normalized spacial score (nSPS) is 10.9. The van der Waals surface area contributed by atoms with Crippen LogP contribution < -0.4 is 4.74 Å². The number of hydrogen-bond acceptors (Lipinski definition) is 3. The number of nitrogens with zero attached hydrogens (tertiary/aromatic N) is 1. The summed E-state index contributed by atoms with van der Waals surface area (Å²) in [5, 5.41) is 9.81. The Morgan fingerprint density at radius 1 is 1.39 bits per heavy atom. The SMILES string of the molecule is Cc1cc(C(=O)O)c2cccc(OC(C)C)c2n1. The molecule has 0 radical (unpaired) electrons. The van der Waals surface area contributed by atoms with Crippen LogP contribution in [0.4, 0.5) is 0 Å². The number of para-hydroxylation sites is 1. The Balaban J connectivity index is 2.73. The van der Waals surface area contributed by atoms with E-state index in [9.17, 15) is 9.90 Å². The van der Waals surface area contributed by atoms with Gasteiger partial charge in [0.15, 0.2) is 0 Å². The highest BCUT2D eigenvalue weighted by atomic mass is 16.5. The Hall–Kier alpha value is -2.10. The third-order valence-electron chi connectivity index (χ3n) is 2.52. The van der Waals surface area contributed by atoms with Crippen molar-refractivity contribution in [2.24, 2.45) is 0 Å². The van der Waals surface area contributed by atoms with Gasteiger partial charge in [0.25, 0.3) is 0 Å². The summed E-state index contributed by atoms with van der Waals surface area (Å²) in [6.45, 7) is 5.62. The molecule has 18 heavy (non-hydrogen) atoms. The molecule has 0 unspecified atom stereocenters. The van der Waals surface area contributed by atoms with Gasteiger partial charge in [0.05, 0.1) is 11.7 Å². The van der Waals surface area contributed by atoms with Crippen molar-refractivity contribution in [3.63, 3.8) is 0 Å². The van der Waals surface area contributed by atoms with Crippen LogP contribution in [0.3, 0.4) is 0 Å². The zero-order valence-corrected chi connectivity index (χ0v) is 10.6. The molecule has 0 amide bonds. The van der Waals surface area contributed by atoms with E-state index in [0.29, 0.717) is 22.3 Å². The molecular formula is C14H15NO3. The van der Waals surface area contributed by atoms with E-state index in [1.807, 2.05) is 13.8 Å². The molecule has 0 bridgehead atoms. The van der Waals surface area contributed by atoms with Crippen LogP contribution in [0.25, 0.3) is 10.9 Å². The quantitative estimate of drug-likeness (QED) is 0.902. The number of aromatic nitrogens is 1. The summed E-state index contributed by atoms with van der Waals surface area (Å²) < 4.78 is 5.66. The second kappa shape index (κ2) is 4.64. The molecule has 2 rings (SSSR count). The van der Waals surface area contributed by atoms with Crippen LogP contribution in [0.15, 0.2) is 24.3 Å². The average Bonchev–Trinajstić information content (AvgIpc) is 2.28. The Morgan fingerprint density at radius 3 is 2.72 bits per heavy atom. The molecule has 0 atom stereocenters. The fourth-order valence-corrected chi connectivity index (χ4v) is 1.88. The Labute approximate surface area is 105 Å². The van der Waals surface area contributed by atoms with Crippen LogP contribution in [0, 0.1) is 6.92 Å². The standard InChI is InChI=1S/C14H15NO3/c1-8(2)18-12-6-4-5-10-11(14(16)17)7-9(3)15-13(10)12/h4-8H,1-3H3,(H,16,17). The number of carbonyl (C=O) groups is 1. The molecule has 0 aliphatic rings. The minimum absolute atomic E-state index is 0.0196. The molecule has 94 valence electrons. The van der Waals surface area contributed by atoms with Crippen LogP contribution in [0.1, 0.15) is 29.9 Å². The smallest absolute Gasteiger partial charge is 0.336 e. The lowest BCUT2D eigenvalue weighted by atomic mass is 10.1. The number of carboxylic acid groups (broad SMARTS) is 1. The number of hydrogen-bond donors (Lipinski definition) is 1. The Morgan fingerprint density at radius 2 is 2.11 bits per heavy atom. The van der Waals surface area contributed by atoms with E-state index >= 15 is 0 Å². The summed E-state index contributed by atoms with van der Waals surface area (Å²) in [6.07, 6.45) is 0.0196. The van der Waals surface area contributed by atoms with Crippen LogP contribution in [0.2, 0.25) is 0 Å². The van der Waals surface area contributed by atoms with Crippen LogP contribution in [-0.2, 0) is 0 Å². The molecule has 0 aliphatic carbocycles. The molecular weight excluding hydrogens is 230 g/mol. The molecule has 4 nitrogen and oxygen atoms in total. The summed E-state index contributed by atoms with van der Waals surface area (Å²) in [4.78, 5) is 15.6. The first kappa shape index (κ1) is 12.4. The van der Waals surface area contributed by atoms with Gasteiger partial charge in [0.2, 0.25) is 0 Å². The molecule has 1 N–H and O–H groups in total. The number of ether oxygens (including phenoxy) is 1. The number of benzene rings is 1. The highest BCUT2D eigenvalue weighted by molar-refractivity contribution is 6.04. The van der Waals surface area contributed by atoms with Gasteiger partial charge in [-0.05, 0) is 32.9 Å². The first-order valence-corrected chi connectivity index (χ1v) is 5.79. The fraction of sp³-hybridized carbons (Fsp3) is 0.286. The van der Waals surface area contributed by atoms with Crippen molar-refractivity contribution < 1.29 is 14.6 Å². The van der Waals surface area contributed by atoms with Crippen molar-refractivity contribution in [3.05, 3.63) is 35.5 Å². The van der Waals surface area contributed by atoms with Gasteiger partial charge in [-0.3, -0.25) is 0 Å². The monoisotopic (exact) mass is 245 g/mol. The Bertz CT molecular complexity index is 605. The second-order valence-electron chi connectivity index (χ2n) is 4.44. The zero-order chi connectivity index (χ0) is 13.3. The highest BCUT2D eigenvalue weighted by Crippen LogP contribution is 2.27. The van der Waals surface area contributed by atoms with Crippen LogP contribution in [0.5, 0.6) is 5.75 Å². The lowest BCUT2D eigenvalue weighted by molar-refractivity contribution is 0.0699. The second-order valence-corrected chi connectivity index (χ2v) is 4.44. The highest BCUT2D eigenvalue weighted by Gasteiger charge is 2.14. The van der Waals surface area contributed by atoms with E-state index in [4.69, 9.17) is 4.74 Å². The van der Waals surface area contributed by atoms with Crippen molar-refractivity contribution >= 4 is 16.9 Å². The van der Waals surface area contributed by atoms with Gasteiger partial charge in [-0.25, -0.2) is 9.78 Å². The molecule has 1 aromatic carbocycles. The van der Waals surface area contributed by atoms with E-state index in [1.165, 1.54) is 0 Å². The molecule has 1 aromatic heterocycles. The molecule has 1 heterocycles. The van der Waals surface area contributed by atoms with Gasteiger partial charge in [0.1, 0.15) is 11.3 Å². The largest absolute Gasteiger partial charge is 0.489 e. The van der Waals surface area contributed by atoms with Gasteiger partial charge in [-0.2, -0.15) is 0 Å². The number of carboxylic acids is 1. The minimum Gasteiger partial charge on any atom is -0.489 e. The fourth-order valence-electron chi connectivity index (χ4n) is 1.88. The maximum atomic E-state index is 11.2. The predicted octanol–water partition coefficient (Wildman–Crippen LogP) is 3.03. The molecule has 0 spiro atoms. The topological polar surface area (TPSA) is 59.4 Å². The maximum absolute atomic E-state index is 11.2. The summed E-state index contributed by atoms with van der Waals surface area (Å²) in [6, 6.07) is 6.91. The average molecular weight is 245 g/mol. The third kappa shape index (κ3) is 2.27. The summed E-state index contributed by atoms with van der Waals surface area (Å²) in [7, 11) is 0. The number of pyridine rings is 1. The summed E-state index contributed by atoms with van der Waals surface area (Å²) in [5.74, 6) is -0.333. The van der Waals surface area contributed by atoms with E-state index in [-0.39, 0.29) is 11.7 Å². The lowest BCUT2D eigenvalue weighted by Crippen LogP contribution is -2.07. The van der Waals surface area contributed by atoms with E-state index < -0.39 is 5.97 Å². The van der Waals surface area contributed by atoms with Crippen LogP contribution in [-0.4, -0.2) is 22.2 Å². The summed E-state index contributed by atoms with van der Waals surface area (Å²) in [5.41, 5.74) is 1.52. The number of fused-ring (bicyclic) bond motifs is 1. The van der Waals surface area contributed by atoms with Crippen molar-refractivity contribution in [3.8, 4) is 5.75 Å². The van der Waals surface area contributed by atoms with Crippen molar-refractivity contribution in [2.45, 2.75) is 26.9 Å². The molecule has 0 saturated heterocycles. The first-order valence-electron chi connectivity index (χ1n) is 5.79. The van der Waals surface area contributed by atoms with Crippen molar-refractivity contribution in [1.82, 2.24) is 4.98 Å². The van der Waals surface area contributed by atoms with Gasteiger partial charge >= 0.3 is 5.97 Å². The Kier molecular flexibility index (Phi) is 3.19. The first-order chi connectivity index (χ1) is 8.49. The van der Waals surface area contributed by atoms with Gasteiger partial charge in [-0.15, -0.1) is 0 Å². The molecule has 4 heteroatoms. The molecule has 0 fully saturated rings. The molecule has 0 aliphatic heterocycles. The lowest BCUT2D eigenvalue weighted by Gasteiger charge is -2.13. The van der Waals surface area contributed by atoms with Crippen molar-refractivity contribution in [1.29, 1.82) is 0 Å². The molecule has 2 aromatic rings. The van der Waals surface area contributed by atoms with Gasteiger partial charge < -0.3 is 9.84 Å². The van der Waals surface area contributed by atoms with Gasteiger partial charge in [0, 0.05) is 11.1 Å². The molecule has 0 saturated carbocycles. The summed E-state index contributed by atoms with van der Waals surface area (Å²) >= 11 is 0. The van der Waals surface area contributed by atoms with E-state index in [1.54, 1.807) is 31.2 Å². The number of aryl methyl sites for hydroxylation is 1. The van der Waals surface area contributed by atoms with Gasteiger partial charge in [-0.1, -0.05) is 12.1 Å². The maximum Gasteiger partial charge on any atom is 0.336 e. The minimum atomic E-state index is -0.952. The van der Waals surface area contributed by atoms with E-state index in [2.05, 4.69) is 4.98 Å².